The summed E-state index contributed by atoms with van der Waals surface area (Å²) in [4.78, 5) is 0. The Morgan fingerprint density at radius 2 is 2.00 bits per heavy atom. The summed E-state index contributed by atoms with van der Waals surface area (Å²) in [6, 6.07) is 0. The summed E-state index contributed by atoms with van der Waals surface area (Å²) in [6.07, 6.45) is 3.84. The molecule has 0 aliphatic carbocycles. The van der Waals surface area contributed by atoms with Crippen molar-refractivity contribution < 1.29 is 8.78 Å². The molecule has 0 radical (unpaired) electrons. The monoisotopic (exact) mass is 120 g/mol. The predicted octanol–water partition coefficient (Wildman–Crippen LogP) is 2.61. The fourth-order valence-corrected chi connectivity index (χ4v) is 0.420. The van der Waals surface area contributed by atoms with Gasteiger partial charge < -0.3 is 0 Å². The molecule has 0 bridgehead atoms. The molecule has 0 aliphatic heterocycles. The van der Waals surface area contributed by atoms with Crippen molar-refractivity contribution in [3.63, 3.8) is 0 Å². The zero-order valence-electron chi connectivity index (χ0n) is 4.74. The van der Waals surface area contributed by atoms with Gasteiger partial charge in [0.15, 0.2) is 0 Å². The lowest BCUT2D eigenvalue weighted by molar-refractivity contribution is 0.463. The van der Waals surface area contributed by atoms with E-state index < -0.39 is 0 Å². The van der Waals surface area contributed by atoms with Gasteiger partial charge in [-0.3, -0.25) is 4.39 Å². The van der Waals surface area contributed by atoms with Crippen LogP contribution in [0, 0.1) is 0 Å². The minimum Gasteiger partial charge on any atom is -0.251 e. The van der Waals surface area contributed by atoms with Crippen LogP contribution in [0.4, 0.5) is 8.78 Å². The molecular formula is C6H10F2. The van der Waals surface area contributed by atoms with Crippen molar-refractivity contribution in [1.82, 2.24) is 0 Å². The van der Waals surface area contributed by atoms with Crippen molar-refractivity contribution in [1.29, 1.82) is 0 Å². The van der Waals surface area contributed by atoms with Gasteiger partial charge in [0.25, 0.3) is 0 Å². The molecule has 0 fully saturated rings. The molecule has 0 spiro atoms. The Morgan fingerprint density at radius 1 is 1.25 bits per heavy atom. The van der Waals surface area contributed by atoms with E-state index in [4.69, 9.17) is 0 Å². The Balaban J connectivity index is 2.72. The third kappa shape index (κ3) is 5.60. The molecule has 0 amide bonds. The van der Waals surface area contributed by atoms with Gasteiger partial charge in [0.2, 0.25) is 0 Å². The van der Waals surface area contributed by atoms with Crippen LogP contribution < -0.4 is 0 Å². The second-order valence-corrected chi connectivity index (χ2v) is 1.55. The summed E-state index contributed by atoms with van der Waals surface area (Å²) in [7, 11) is 0. The van der Waals surface area contributed by atoms with Crippen LogP contribution in [0.25, 0.3) is 0 Å². The molecule has 0 aromatic heterocycles. The maximum absolute atomic E-state index is 11.3. The average Bonchev–Trinajstić information content (AvgIpc) is 1.81. The van der Waals surface area contributed by atoms with Crippen molar-refractivity contribution in [3.05, 3.63) is 12.4 Å². The van der Waals surface area contributed by atoms with Crippen LogP contribution >= 0.6 is 0 Å². The van der Waals surface area contributed by atoms with Crippen LogP contribution in [-0.4, -0.2) is 6.67 Å². The number of alkyl halides is 1. The van der Waals surface area contributed by atoms with E-state index in [1.807, 2.05) is 0 Å². The quantitative estimate of drug-likeness (QED) is 0.500. The molecule has 0 aliphatic rings. The first-order valence-electron chi connectivity index (χ1n) is 2.73. The van der Waals surface area contributed by atoms with Crippen molar-refractivity contribution in [2.24, 2.45) is 0 Å². The minimum atomic E-state index is -0.292. The SMILES string of the molecule is FC=CCCCCF. The second kappa shape index (κ2) is 6.60. The summed E-state index contributed by atoms with van der Waals surface area (Å²) in [6.45, 7) is -0.292. The normalized spacial score (nSPS) is 10.8. The molecule has 0 aromatic rings. The zero-order chi connectivity index (χ0) is 6.24. The summed E-state index contributed by atoms with van der Waals surface area (Å²) in [5.41, 5.74) is 0. The maximum atomic E-state index is 11.3. The third-order valence-corrected chi connectivity index (χ3v) is 0.844. The smallest absolute Gasteiger partial charge is 0.0894 e. The lowest BCUT2D eigenvalue weighted by atomic mass is 10.2. The Morgan fingerprint density at radius 3 is 2.50 bits per heavy atom. The lowest BCUT2D eigenvalue weighted by Gasteiger charge is -1.86. The predicted molar refractivity (Wildman–Crippen MR) is 30.1 cm³/mol. The van der Waals surface area contributed by atoms with E-state index in [1.54, 1.807) is 0 Å². The topological polar surface area (TPSA) is 0 Å². The highest BCUT2D eigenvalue weighted by molar-refractivity contribution is 4.70. The van der Waals surface area contributed by atoms with Crippen molar-refractivity contribution in [2.75, 3.05) is 6.67 Å². The van der Waals surface area contributed by atoms with E-state index in [0.717, 1.165) is 6.42 Å². The lowest BCUT2D eigenvalue weighted by Crippen LogP contribution is -1.73. The maximum Gasteiger partial charge on any atom is 0.0894 e. The molecule has 2 heteroatoms. The van der Waals surface area contributed by atoms with Gasteiger partial charge >= 0.3 is 0 Å². The molecule has 0 heterocycles. The van der Waals surface area contributed by atoms with E-state index in [2.05, 4.69) is 0 Å². The summed E-state index contributed by atoms with van der Waals surface area (Å²) in [5, 5.41) is 0. The molecule has 8 heavy (non-hydrogen) atoms. The largest absolute Gasteiger partial charge is 0.251 e. The Hall–Kier alpha value is -0.400. The fraction of sp³-hybridized carbons (Fsp3) is 0.667. The molecule has 0 N–H and O–H groups in total. The van der Waals surface area contributed by atoms with E-state index in [1.165, 1.54) is 6.08 Å². The molecule has 0 aromatic carbocycles. The van der Waals surface area contributed by atoms with E-state index >= 15 is 0 Å². The van der Waals surface area contributed by atoms with Crippen LogP contribution in [0.3, 0.4) is 0 Å². The average molecular weight is 120 g/mol. The summed E-state index contributed by atoms with van der Waals surface area (Å²) >= 11 is 0. The van der Waals surface area contributed by atoms with E-state index in [0.29, 0.717) is 19.2 Å². The first-order valence-corrected chi connectivity index (χ1v) is 2.73. The second-order valence-electron chi connectivity index (χ2n) is 1.55. The van der Waals surface area contributed by atoms with Crippen LogP contribution in [-0.2, 0) is 0 Å². The van der Waals surface area contributed by atoms with Crippen molar-refractivity contribution in [3.8, 4) is 0 Å². The van der Waals surface area contributed by atoms with Crippen LogP contribution in [0.2, 0.25) is 0 Å². The number of hydrogen-bond donors (Lipinski definition) is 0. The highest BCUT2D eigenvalue weighted by Gasteiger charge is 1.81. The molecular weight excluding hydrogens is 110 g/mol. The first kappa shape index (κ1) is 7.60. The standard InChI is InChI=1S/C6H10F2/c7-5-3-1-2-4-6-8/h3,5H,1-2,4,6H2. The Bertz CT molecular complexity index is 59.5. The number of unbranched alkanes of at least 4 members (excludes halogenated alkanes) is 2. The fourth-order valence-electron chi connectivity index (χ4n) is 0.420. The molecule has 0 saturated heterocycles. The summed E-state index contributed by atoms with van der Waals surface area (Å²) < 4.78 is 22.4. The van der Waals surface area contributed by atoms with Gasteiger partial charge in [-0.25, -0.2) is 4.39 Å². The number of hydrogen-bond acceptors (Lipinski definition) is 0. The highest BCUT2D eigenvalue weighted by Crippen LogP contribution is 1.96. The zero-order valence-corrected chi connectivity index (χ0v) is 4.74. The molecule has 0 saturated carbocycles. The van der Waals surface area contributed by atoms with E-state index in [-0.39, 0.29) is 6.67 Å². The summed E-state index contributed by atoms with van der Waals surface area (Å²) in [5.74, 6) is 0. The molecule has 0 rings (SSSR count). The molecule has 0 nitrogen and oxygen atoms in total. The highest BCUT2D eigenvalue weighted by atomic mass is 19.1. The van der Waals surface area contributed by atoms with E-state index in [9.17, 15) is 8.78 Å². The Labute approximate surface area is 48.2 Å². The number of halogens is 2. The first-order chi connectivity index (χ1) is 3.91. The van der Waals surface area contributed by atoms with Gasteiger partial charge in [-0.1, -0.05) is 6.08 Å². The third-order valence-electron chi connectivity index (χ3n) is 0.844. The van der Waals surface area contributed by atoms with Crippen LogP contribution in [0.15, 0.2) is 12.4 Å². The van der Waals surface area contributed by atoms with Crippen LogP contribution in [0.5, 0.6) is 0 Å². The molecule has 0 unspecified atom stereocenters. The van der Waals surface area contributed by atoms with Crippen molar-refractivity contribution >= 4 is 0 Å². The number of allylic oxidation sites excluding steroid dienone is 1. The molecule has 48 valence electrons. The van der Waals surface area contributed by atoms with Gasteiger partial charge in [-0.2, -0.15) is 0 Å². The van der Waals surface area contributed by atoms with Gasteiger partial charge in [0, 0.05) is 0 Å². The number of rotatable bonds is 4. The van der Waals surface area contributed by atoms with Gasteiger partial charge in [-0.05, 0) is 19.3 Å². The van der Waals surface area contributed by atoms with Crippen molar-refractivity contribution in [2.45, 2.75) is 19.3 Å². The van der Waals surface area contributed by atoms with Gasteiger partial charge in [-0.15, -0.1) is 0 Å². The Kier molecular flexibility index (Phi) is 6.27. The van der Waals surface area contributed by atoms with Gasteiger partial charge in [0.1, 0.15) is 0 Å². The minimum absolute atomic E-state index is 0.292. The van der Waals surface area contributed by atoms with Crippen LogP contribution in [0.1, 0.15) is 19.3 Å². The van der Waals surface area contributed by atoms with Gasteiger partial charge in [0.05, 0.1) is 13.0 Å². The molecule has 0 atom stereocenters.